The van der Waals surface area contributed by atoms with Gasteiger partial charge in [0.05, 0.1) is 6.61 Å². The standard InChI is InChI=1S/C12H14N2O3/c1-2-15-10-5-3-4-6-11(10)16-8-9-7-12(13)17-14-9/h3-7H,2,8,13H2,1H3. The van der Waals surface area contributed by atoms with Crippen molar-refractivity contribution in [1.29, 1.82) is 0 Å². The summed E-state index contributed by atoms with van der Waals surface area (Å²) < 4.78 is 15.8. The molecule has 0 unspecified atom stereocenters. The number of aromatic nitrogens is 1. The first-order valence-electron chi connectivity index (χ1n) is 5.35. The Morgan fingerprint density at radius 3 is 2.53 bits per heavy atom. The predicted molar refractivity (Wildman–Crippen MR) is 62.9 cm³/mol. The molecule has 0 amide bonds. The molecule has 0 bridgehead atoms. The monoisotopic (exact) mass is 234 g/mol. The maximum atomic E-state index is 5.59. The van der Waals surface area contributed by atoms with E-state index in [1.54, 1.807) is 6.07 Å². The number of anilines is 1. The Hall–Kier alpha value is -2.17. The molecule has 0 aliphatic rings. The van der Waals surface area contributed by atoms with Gasteiger partial charge in [-0.1, -0.05) is 17.3 Å². The third-order valence-electron chi connectivity index (χ3n) is 2.10. The molecule has 0 aliphatic heterocycles. The van der Waals surface area contributed by atoms with Crippen molar-refractivity contribution >= 4 is 5.88 Å². The first-order chi connectivity index (χ1) is 8.29. The molecule has 1 aromatic carbocycles. The molecule has 0 aliphatic carbocycles. The lowest BCUT2D eigenvalue weighted by Gasteiger charge is -2.10. The van der Waals surface area contributed by atoms with E-state index in [0.717, 1.165) is 0 Å². The minimum Gasteiger partial charge on any atom is -0.490 e. The first-order valence-corrected chi connectivity index (χ1v) is 5.35. The Balaban J connectivity index is 2.03. The summed E-state index contributed by atoms with van der Waals surface area (Å²) in [6, 6.07) is 9.11. The molecule has 0 atom stereocenters. The number of hydrogen-bond donors (Lipinski definition) is 1. The number of nitrogens with zero attached hydrogens (tertiary/aromatic N) is 1. The largest absolute Gasteiger partial charge is 0.490 e. The predicted octanol–water partition coefficient (Wildman–Crippen LogP) is 2.23. The second-order valence-electron chi connectivity index (χ2n) is 3.39. The number of benzene rings is 1. The van der Waals surface area contributed by atoms with Gasteiger partial charge in [0.25, 0.3) is 0 Å². The Kier molecular flexibility index (Phi) is 3.49. The molecule has 2 aromatic rings. The van der Waals surface area contributed by atoms with Gasteiger partial charge in [-0.05, 0) is 19.1 Å². The lowest BCUT2D eigenvalue weighted by molar-refractivity contribution is 0.261. The number of nitrogen functional groups attached to an aromatic ring is 1. The van der Waals surface area contributed by atoms with Crippen molar-refractivity contribution < 1.29 is 14.0 Å². The van der Waals surface area contributed by atoms with Gasteiger partial charge in [-0.15, -0.1) is 0 Å². The average Bonchev–Trinajstić information content (AvgIpc) is 2.74. The van der Waals surface area contributed by atoms with E-state index in [-0.39, 0.29) is 5.88 Å². The number of ether oxygens (including phenoxy) is 2. The summed E-state index contributed by atoms with van der Waals surface area (Å²) in [5, 5.41) is 3.74. The van der Waals surface area contributed by atoms with Gasteiger partial charge in [-0.25, -0.2) is 0 Å². The van der Waals surface area contributed by atoms with Crippen LogP contribution in [0.2, 0.25) is 0 Å². The first kappa shape index (κ1) is 11.3. The van der Waals surface area contributed by atoms with Crippen LogP contribution in [0.25, 0.3) is 0 Å². The van der Waals surface area contributed by atoms with Crippen LogP contribution in [0.1, 0.15) is 12.6 Å². The molecular formula is C12H14N2O3. The van der Waals surface area contributed by atoms with Crippen molar-refractivity contribution in [3.63, 3.8) is 0 Å². The fourth-order valence-electron chi connectivity index (χ4n) is 1.39. The van der Waals surface area contributed by atoms with Gasteiger partial charge in [-0.3, -0.25) is 0 Å². The summed E-state index contributed by atoms with van der Waals surface area (Å²) in [6.07, 6.45) is 0. The van der Waals surface area contributed by atoms with Crippen LogP contribution in [0, 0.1) is 0 Å². The van der Waals surface area contributed by atoms with E-state index in [9.17, 15) is 0 Å². The van der Waals surface area contributed by atoms with Crippen LogP contribution in [0.5, 0.6) is 11.5 Å². The number of para-hydroxylation sites is 2. The Morgan fingerprint density at radius 2 is 1.94 bits per heavy atom. The third-order valence-corrected chi connectivity index (χ3v) is 2.10. The average molecular weight is 234 g/mol. The van der Waals surface area contributed by atoms with Crippen LogP contribution in [0.4, 0.5) is 5.88 Å². The summed E-state index contributed by atoms with van der Waals surface area (Å²) in [5.74, 6) is 1.67. The maximum Gasteiger partial charge on any atom is 0.222 e. The van der Waals surface area contributed by atoms with Gasteiger partial charge in [0.15, 0.2) is 11.5 Å². The second kappa shape index (κ2) is 5.25. The summed E-state index contributed by atoms with van der Waals surface area (Å²) in [6.45, 7) is 2.82. The highest BCUT2D eigenvalue weighted by Crippen LogP contribution is 2.27. The Bertz CT molecular complexity index is 482. The van der Waals surface area contributed by atoms with E-state index in [2.05, 4.69) is 5.16 Å². The fraction of sp³-hybridized carbons (Fsp3) is 0.250. The number of hydrogen-bond acceptors (Lipinski definition) is 5. The van der Waals surface area contributed by atoms with Crippen LogP contribution in [0.3, 0.4) is 0 Å². The molecule has 90 valence electrons. The molecule has 2 rings (SSSR count). The molecule has 0 saturated heterocycles. The van der Waals surface area contributed by atoms with E-state index < -0.39 is 0 Å². The second-order valence-corrected chi connectivity index (χ2v) is 3.39. The van der Waals surface area contributed by atoms with Crippen LogP contribution < -0.4 is 15.2 Å². The minimum atomic E-state index is 0.279. The summed E-state index contributed by atoms with van der Waals surface area (Å²) in [7, 11) is 0. The van der Waals surface area contributed by atoms with Crippen molar-refractivity contribution in [2.75, 3.05) is 12.3 Å². The SMILES string of the molecule is CCOc1ccccc1OCc1cc(N)on1. The van der Waals surface area contributed by atoms with Crippen molar-refractivity contribution in [2.24, 2.45) is 0 Å². The molecule has 5 nitrogen and oxygen atoms in total. The minimum absolute atomic E-state index is 0.279. The molecule has 0 fully saturated rings. The van der Waals surface area contributed by atoms with E-state index in [0.29, 0.717) is 30.4 Å². The molecule has 1 aromatic heterocycles. The van der Waals surface area contributed by atoms with Crippen molar-refractivity contribution in [2.45, 2.75) is 13.5 Å². The van der Waals surface area contributed by atoms with Crippen LogP contribution in [-0.4, -0.2) is 11.8 Å². The smallest absolute Gasteiger partial charge is 0.222 e. The van der Waals surface area contributed by atoms with Crippen molar-refractivity contribution in [1.82, 2.24) is 5.16 Å². The molecular weight excluding hydrogens is 220 g/mol. The van der Waals surface area contributed by atoms with E-state index in [1.165, 1.54) is 0 Å². The lowest BCUT2D eigenvalue weighted by Crippen LogP contribution is -1.99. The zero-order valence-electron chi connectivity index (χ0n) is 9.55. The van der Waals surface area contributed by atoms with Crippen molar-refractivity contribution in [3.8, 4) is 11.5 Å². The van der Waals surface area contributed by atoms with Gasteiger partial charge < -0.3 is 19.7 Å². The molecule has 2 N–H and O–H groups in total. The van der Waals surface area contributed by atoms with Gasteiger partial charge in [0, 0.05) is 6.07 Å². The molecule has 5 heteroatoms. The normalized spacial score (nSPS) is 10.2. The maximum absolute atomic E-state index is 5.59. The van der Waals surface area contributed by atoms with Gasteiger partial charge in [-0.2, -0.15) is 0 Å². The van der Waals surface area contributed by atoms with Crippen molar-refractivity contribution in [3.05, 3.63) is 36.0 Å². The highest BCUT2D eigenvalue weighted by molar-refractivity contribution is 5.39. The Morgan fingerprint density at radius 1 is 1.24 bits per heavy atom. The third kappa shape index (κ3) is 2.90. The zero-order valence-corrected chi connectivity index (χ0v) is 9.55. The van der Waals surface area contributed by atoms with Crippen LogP contribution >= 0.6 is 0 Å². The highest BCUT2D eigenvalue weighted by atomic mass is 16.5. The summed E-state index contributed by atoms with van der Waals surface area (Å²) in [4.78, 5) is 0. The quantitative estimate of drug-likeness (QED) is 0.859. The highest BCUT2D eigenvalue weighted by Gasteiger charge is 2.06. The van der Waals surface area contributed by atoms with Crippen LogP contribution in [-0.2, 0) is 6.61 Å². The number of rotatable bonds is 5. The number of nitrogens with two attached hydrogens (primary N) is 1. The van der Waals surface area contributed by atoms with Gasteiger partial charge in [0.2, 0.25) is 5.88 Å². The van der Waals surface area contributed by atoms with Gasteiger partial charge in [0.1, 0.15) is 12.3 Å². The zero-order chi connectivity index (χ0) is 12.1. The van der Waals surface area contributed by atoms with E-state index in [1.807, 2.05) is 31.2 Å². The lowest BCUT2D eigenvalue weighted by atomic mass is 10.3. The fourth-order valence-corrected chi connectivity index (χ4v) is 1.39. The summed E-state index contributed by atoms with van der Waals surface area (Å²) in [5.41, 5.74) is 6.06. The summed E-state index contributed by atoms with van der Waals surface area (Å²) >= 11 is 0. The molecule has 1 heterocycles. The topological polar surface area (TPSA) is 70.5 Å². The van der Waals surface area contributed by atoms with E-state index >= 15 is 0 Å². The van der Waals surface area contributed by atoms with E-state index in [4.69, 9.17) is 19.7 Å². The molecule has 0 spiro atoms. The van der Waals surface area contributed by atoms with Gasteiger partial charge >= 0.3 is 0 Å². The molecule has 0 saturated carbocycles. The van der Waals surface area contributed by atoms with Crippen LogP contribution in [0.15, 0.2) is 34.9 Å². The Labute approximate surface area is 99.1 Å². The molecule has 17 heavy (non-hydrogen) atoms. The molecule has 0 radical (unpaired) electrons.